The third kappa shape index (κ3) is 33.2. The number of carboxylic acids is 3. The van der Waals surface area contributed by atoms with Crippen LogP contribution in [0.2, 0.25) is 0 Å². The van der Waals surface area contributed by atoms with Crippen LogP contribution in [0.1, 0.15) is 0 Å². The number of aliphatic hydroxyl groups is 10. The number of hydrogen-bond acceptors (Lipinski definition) is 29. The van der Waals surface area contributed by atoms with Crippen LogP contribution in [0, 0.1) is 39.9 Å². The normalized spacial score (nSPS) is 15.0. The number of carboxylic acid groups (broad SMARTS) is 3. The maximum Gasteiger partial charge on any atom is 3.00 e. The first-order chi connectivity index (χ1) is 30.6. The van der Waals surface area contributed by atoms with Gasteiger partial charge in [0.15, 0.2) is 0 Å². The van der Waals surface area contributed by atoms with E-state index in [1.165, 1.54) is 4.90 Å². The van der Waals surface area contributed by atoms with Gasteiger partial charge in [-0.05, 0) is 0 Å². The quantitative estimate of drug-likeness (QED) is 0.0118. The topological polar surface area (TPSA) is 518 Å². The number of esters is 2. The summed E-state index contributed by atoms with van der Waals surface area (Å²) >= 11 is 0. The summed E-state index contributed by atoms with van der Waals surface area (Å²) < 4.78 is 9.62. The van der Waals surface area contributed by atoms with Crippen LogP contribution in [0.25, 0.3) is 0 Å². The van der Waals surface area contributed by atoms with Gasteiger partial charge in [-0.3, -0.25) is 24.3 Å². The number of hydrogen-bond donors (Lipinski definition) is 12. The summed E-state index contributed by atoms with van der Waals surface area (Å²) in [6.07, 6.45) is -13.8. The van der Waals surface area contributed by atoms with Crippen molar-refractivity contribution in [1.29, 1.82) is 0 Å². The first kappa shape index (κ1) is 67.3. The molecular formula is C34H58GdN7O25. The largest absolute Gasteiger partial charge is 3.00 e. The smallest absolute Gasteiger partial charge is 0.549 e. The second-order valence-corrected chi connectivity index (χ2v) is 13.5. The van der Waals surface area contributed by atoms with E-state index in [1.807, 2.05) is 0 Å². The van der Waals surface area contributed by atoms with Crippen molar-refractivity contribution >= 4 is 54.1 Å². The van der Waals surface area contributed by atoms with Crippen molar-refractivity contribution in [3.8, 4) is 0 Å². The summed E-state index contributed by atoms with van der Waals surface area (Å²) in [5.74, 6) is -8.30. The average molecular weight is 1120 g/mol. The molecule has 33 heteroatoms. The van der Waals surface area contributed by atoms with Crippen molar-refractivity contribution in [1.82, 2.24) is 25.3 Å². The molecule has 0 rings (SSSR count). The number of aliphatic carboxylic acids is 3. The van der Waals surface area contributed by atoms with Gasteiger partial charge in [-0.2, -0.15) is 0 Å². The van der Waals surface area contributed by atoms with Crippen LogP contribution in [-0.2, 0) is 52.7 Å². The molecule has 0 spiro atoms. The molecule has 0 bridgehead atoms. The van der Waals surface area contributed by atoms with Crippen molar-refractivity contribution in [2.75, 3.05) is 112 Å². The summed E-state index contributed by atoms with van der Waals surface area (Å²) in [6, 6.07) is 0. The zero-order valence-corrected chi connectivity index (χ0v) is 37.8. The minimum Gasteiger partial charge on any atom is -0.549 e. The molecule has 0 aromatic heterocycles. The van der Waals surface area contributed by atoms with E-state index >= 15 is 0 Å². The zero-order valence-electron chi connectivity index (χ0n) is 35.6. The predicted octanol–water partition coefficient (Wildman–Crippen LogP) is -15.5. The minimum absolute atomic E-state index is 0. The monoisotopic (exact) mass is 1120 g/mol. The number of carbonyl (C=O) groups excluding carboxylic acids is 7. The molecule has 8 atom stereocenters. The number of nitrogens with one attached hydrogen (secondary N) is 2. The van der Waals surface area contributed by atoms with Gasteiger partial charge in [-0.1, -0.05) is 10.3 Å². The molecule has 14 N–H and O–H groups in total. The third-order valence-corrected chi connectivity index (χ3v) is 8.14. The number of aliphatic hydroxyl groups excluding tert-OH is 10. The number of oxime groups is 2. The fraction of sp³-hybridized carbons (Fsp3) is 0.735. The van der Waals surface area contributed by atoms with Crippen molar-refractivity contribution in [2.45, 2.75) is 48.8 Å². The number of rotatable bonds is 38. The summed E-state index contributed by atoms with van der Waals surface area (Å²) in [6.45, 7) is -9.16. The standard InChI is InChI=1S/C34H59N7O24.Gd.H2O/c42-16-22(46)33(60)31(58)20(44)9-37-64-18-29(56)62-7-1-35-24(48)11-40(14-27(52)53)5-3-39(13-26(50)51)4-6-41(15-28(54)55)12-25(49)36-2-8-63-30(57)19-65-38-10-21(45)32(59)34(61)23(47)17-43;;/h9-10,20-23,31-34,42-47,58-61H,1-8,11-19H2,(H,35,48)(H,36,49)(H,50,51)(H,52,53)(H,54,55);;1H2/q;+3;/p-3/b37-9+,38-10+;;/t20-,21-,22-,23-,31-,32-,33-,34-;;/m1../s1. The zero-order chi connectivity index (χ0) is 49.5. The summed E-state index contributed by atoms with van der Waals surface area (Å²) in [4.78, 5) is 95.3. The van der Waals surface area contributed by atoms with Gasteiger partial charge in [0, 0.05) is 45.8 Å². The van der Waals surface area contributed by atoms with Crippen molar-refractivity contribution in [2.24, 2.45) is 10.3 Å². The van der Waals surface area contributed by atoms with Crippen LogP contribution in [0.5, 0.6) is 0 Å². The van der Waals surface area contributed by atoms with Crippen LogP contribution in [0.3, 0.4) is 0 Å². The minimum atomic E-state index is -1.96. The molecule has 0 saturated carbocycles. The van der Waals surface area contributed by atoms with Gasteiger partial charge in [0.1, 0.15) is 62.0 Å². The number of amides is 2. The first-order valence-electron chi connectivity index (χ1n) is 19.2. The summed E-state index contributed by atoms with van der Waals surface area (Å²) in [7, 11) is 0. The molecule has 0 aliphatic heterocycles. The van der Waals surface area contributed by atoms with E-state index in [1.54, 1.807) is 0 Å². The van der Waals surface area contributed by atoms with Gasteiger partial charge in [0.25, 0.3) is 0 Å². The molecule has 67 heavy (non-hydrogen) atoms. The molecule has 1 radical (unpaired) electrons. The number of carbonyl (C=O) groups is 7. The fourth-order valence-corrected chi connectivity index (χ4v) is 4.77. The fourth-order valence-electron chi connectivity index (χ4n) is 4.77. The van der Waals surface area contributed by atoms with Crippen LogP contribution in [0.15, 0.2) is 10.3 Å². The van der Waals surface area contributed by atoms with E-state index in [0.717, 1.165) is 9.80 Å². The van der Waals surface area contributed by atoms with Crippen molar-refractivity contribution in [3.63, 3.8) is 0 Å². The van der Waals surface area contributed by atoms with E-state index in [4.69, 9.17) is 19.7 Å². The Morgan fingerprint density at radius 3 is 1.15 bits per heavy atom. The van der Waals surface area contributed by atoms with Crippen LogP contribution in [0.4, 0.5) is 0 Å². The second-order valence-electron chi connectivity index (χ2n) is 13.5. The molecule has 0 aliphatic rings. The van der Waals surface area contributed by atoms with Crippen molar-refractivity contribution in [3.05, 3.63) is 0 Å². The molecule has 0 aliphatic carbocycles. The van der Waals surface area contributed by atoms with Crippen molar-refractivity contribution < 1.29 is 165 Å². The van der Waals surface area contributed by atoms with E-state index < -0.39 is 163 Å². The SMILES string of the molecule is O.O=C([O-])CN(CCN(CC(=O)[O-])CC(=O)NCCOC(=O)CO/N=C/[C@@H](O)[C@@H](O)[C@H](O)[C@H](O)CO)CCN(CC(=O)[O-])CC(=O)NCCOC(=O)CO/N=C/[C@@H](O)[C@@H](O)[C@H](O)[C@H](O)CO.[Gd+3]. The van der Waals surface area contributed by atoms with E-state index in [0.29, 0.717) is 12.4 Å². The van der Waals surface area contributed by atoms with Crippen LogP contribution in [-0.4, -0.2) is 286 Å². The molecule has 0 heterocycles. The first-order valence-corrected chi connectivity index (χ1v) is 19.2. The molecule has 0 aromatic rings. The Bertz CT molecular complexity index is 1420. The molecule has 2 amide bonds. The molecular weight excluding hydrogens is 1060 g/mol. The third-order valence-electron chi connectivity index (χ3n) is 8.14. The summed E-state index contributed by atoms with van der Waals surface area (Å²) in [5.41, 5.74) is 0. The molecule has 0 saturated heterocycles. The van der Waals surface area contributed by atoms with Gasteiger partial charge in [0.2, 0.25) is 25.0 Å². The van der Waals surface area contributed by atoms with Gasteiger partial charge in [0.05, 0.1) is 69.7 Å². The molecule has 32 nitrogen and oxygen atoms in total. The van der Waals surface area contributed by atoms with Gasteiger partial charge in [-0.25, -0.2) is 9.59 Å². The van der Waals surface area contributed by atoms with Crippen LogP contribution >= 0.6 is 0 Å². The molecule has 0 aromatic carbocycles. The summed E-state index contributed by atoms with van der Waals surface area (Å²) in [5, 5.41) is 139. The van der Waals surface area contributed by atoms with Gasteiger partial charge in [-0.15, -0.1) is 0 Å². The Morgan fingerprint density at radius 2 is 0.836 bits per heavy atom. The number of ether oxygens (including phenoxy) is 2. The van der Waals surface area contributed by atoms with E-state index in [2.05, 4.69) is 30.6 Å². The number of nitrogens with zero attached hydrogens (tertiary/aromatic N) is 5. The Labute approximate surface area is 412 Å². The van der Waals surface area contributed by atoms with E-state index in [9.17, 15) is 89.7 Å². The molecule has 0 unspecified atom stereocenters. The van der Waals surface area contributed by atoms with E-state index in [-0.39, 0.29) is 84.7 Å². The molecule has 387 valence electrons. The van der Waals surface area contributed by atoms with Crippen LogP contribution < -0.4 is 26.0 Å². The Morgan fingerprint density at radius 1 is 0.522 bits per heavy atom. The van der Waals surface area contributed by atoms with Gasteiger partial charge >= 0.3 is 51.9 Å². The second kappa shape index (κ2) is 38.9. The average Bonchev–Trinajstić information content (AvgIpc) is 3.25. The Kier molecular flexibility index (Phi) is 39.1. The maximum absolute atomic E-state index is 12.5. The Hall–Kier alpha value is -4.01. The Balaban J connectivity index is -0.0000205. The maximum atomic E-state index is 12.5. The predicted molar refractivity (Wildman–Crippen MR) is 207 cm³/mol. The molecule has 0 fully saturated rings. The van der Waals surface area contributed by atoms with Gasteiger partial charge < -0.3 is 116 Å².